The number of amides is 1. The van der Waals surface area contributed by atoms with E-state index in [1.807, 2.05) is 51.4 Å². The molecule has 148 valence electrons. The third-order valence-electron chi connectivity index (χ3n) is 4.24. The van der Waals surface area contributed by atoms with Crippen LogP contribution in [0.3, 0.4) is 0 Å². The van der Waals surface area contributed by atoms with Gasteiger partial charge in [-0.1, -0.05) is 13.8 Å². The van der Waals surface area contributed by atoms with E-state index in [1.165, 1.54) is 0 Å². The van der Waals surface area contributed by atoms with Crippen molar-refractivity contribution in [2.75, 3.05) is 0 Å². The quantitative estimate of drug-likeness (QED) is 0.561. The van der Waals surface area contributed by atoms with Crippen LogP contribution in [0.1, 0.15) is 29.9 Å². The molecular weight excluding hydrogens is 366 g/mol. The van der Waals surface area contributed by atoms with Crippen molar-refractivity contribution in [3.63, 3.8) is 0 Å². The largest absolute Gasteiger partial charge is 0.487 e. The number of hydrogen-bond donors (Lipinski definition) is 1. The van der Waals surface area contributed by atoms with Crippen LogP contribution in [0.25, 0.3) is 22.0 Å². The smallest absolute Gasteiger partial charge is 0.250 e. The van der Waals surface area contributed by atoms with Crippen molar-refractivity contribution >= 4 is 16.8 Å². The zero-order valence-electron chi connectivity index (χ0n) is 16.7. The molecule has 1 amide bonds. The summed E-state index contributed by atoms with van der Waals surface area (Å²) in [6, 6.07) is 11.0. The number of benzene rings is 1. The summed E-state index contributed by atoms with van der Waals surface area (Å²) in [5, 5.41) is 5.10. The molecule has 0 aliphatic heterocycles. The minimum Gasteiger partial charge on any atom is -0.487 e. The summed E-state index contributed by atoms with van der Waals surface area (Å²) in [7, 11) is 1.87. The van der Waals surface area contributed by atoms with Crippen molar-refractivity contribution in [1.29, 1.82) is 0 Å². The number of fused-ring (bicyclic) bond motifs is 1. The van der Waals surface area contributed by atoms with E-state index in [0.29, 0.717) is 17.0 Å². The summed E-state index contributed by atoms with van der Waals surface area (Å²) in [6.07, 6.45) is 7.07. The number of carbonyl (C=O) groups excluding carboxylic acids is 1. The first-order chi connectivity index (χ1) is 14.1. The fourth-order valence-electron chi connectivity index (χ4n) is 2.93. The second kappa shape index (κ2) is 8.97. The number of rotatable bonds is 5. The van der Waals surface area contributed by atoms with E-state index in [0.717, 1.165) is 22.0 Å². The van der Waals surface area contributed by atoms with Crippen LogP contribution in [-0.4, -0.2) is 25.7 Å². The number of aromatic nitrogens is 4. The summed E-state index contributed by atoms with van der Waals surface area (Å²) >= 11 is 0. The monoisotopic (exact) mass is 389 g/mol. The predicted molar refractivity (Wildman–Crippen MR) is 112 cm³/mol. The van der Waals surface area contributed by atoms with Gasteiger partial charge in [-0.2, -0.15) is 5.10 Å². The molecule has 0 spiro atoms. The molecule has 0 saturated heterocycles. The maximum absolute atomic E-state index is 11.6. The third-order valence-corrected chi connectivity index (χ3v) is 4.24. The first-order valence-electron chi connectivity index (χ1n) is 9.36. The highest BCUT2D eigenvalue weighted by Gasteiger charge is 2.12. The van der Waals surface area contributed by atoms with Crippen LogP contribution in [0.5, 0.6) is 5.75 Å². The number of carbonyl (C=O) groups is 1. The highest BCUT2D eigenvalue weighted by atomic mass is 16.5. The van der Waals surface area contributed by atoms with Crippen LogP contribution < -0.4 is 10.5 Å². The van der Waals surface area contributed by atoms with E-state index in [9.17, 15) is 4.79 Å². The summed E-state index contributed by atoms with van der Waals surface area (Å²) in [5.41, 5.74) is 8.99. The number of nitrogens with zero attached hydrogens (tertiary/aromatic N) is 4. The van der Waals surface area contributed by atoms with Gasteiger partial charge in [0.1, 0.15) is 12.4 Å². The van der Waals surface area contributed by atoms with Gasteiger partial charge in [0.25, 0.3) is 5.91 Å². The lowest BCUT2D eigenvalue weighted by atomic mass is 10.1. The standard InChI is InChI=1S/C20H17N5O2.C2H6/c1-25-11-14(10-24-25)13-8-17-15(4-2-6-22-17)19(9-13)27-12-18-16(20(21)26)5-3-7-23-18;1-2/h2-11H,12H2,1H3,(H2,21,26);1-2H3. The van der Waals surface area contributed by atoms with Gasteiger partial charge < -0.3 is 10.5 Å². The molecule has 4 aromatic rings. The van der Waals surface area contributed by atoms with Gasteiger partial charge in [-0.15, -0.1) is 0 Å². The van der Waals surface area contributed by atoms with Gasteiger partial charge >= 0.3 is 0 Å². The Kier molecular flexibility index (Phi) is 6.19. The molecule has 0 saturated carbocycles. The molecule has 29 heavy (non-hydrogen) atoms. The zero-order chi connectivity index (χ0) is 20.8. The van der Waals surface area contributed by atoms with Crippen LogP contribution in [0.15, 0.2) is 61.2 Å². The Hall–Kier alpha value is -3.74. The molecule has 0 bridgehead atoms. The lowest BCUT2D eigenvalue weighted by Crippen LogP contribution is -2.15. The number of aryl methyl sites for hydroxylation is 1. The molecule has 3 heterocycles. The number of ether oxygens (including phenoxy) is 1. The van der Waals surface area contributed by atoms with E-state index in [-0.39, 0.29) is 6.61 Å². The Morgan fingerprint density at radius 1 is 1.10 bits per heavy atom. The molecular formula is C22H23N5O2. The SMILES string of the molecule is CC.Cn1cc(-c2cc(OCc3ncccc3C(N)=O)c3cccnc3c2)cn1. The highest BCUT2D eigenvalue weighted by Crippen LogP contribution is 2.32. The van der Waals surface area contributed by atoms with Gasteiger partial charge in [0.15, 0.2) is 0 Å². The maximum atomic E-state index is 11.6. The summed E-state index contributed by atoms with van der Waals surface area (Å²) in [6.45, 7) is 4.12. The summed E-state index contributed by atoms with van der Waals surface area (Å²) < 4.78 is 7.77. The van der Waals surface area contributed by atoms with Crippen molar-refractivity contribution in [1.82, 2.24) is 19.7 Å². The molecule has 7 heteroatoms. The van der Waals surface area contributed by atoms with Crippen LogP contribution >= 0.6 is 0 Å². The van der Waals surface area contributed by atoms with Gasteiger partial charge in [0, 0.05) is 36.6 Å². The Labute approximate surface area is 169 Å². The van der Waals surface area contributed by atoms with Gasteiger partial charge in [0.2, 0.25) is 0 Å². The van der Waals surface area contributed by atoms with Crippen LogP contribution in [0.2, 0.25) is 0 Å². The van der Waals surface area contributed by atoms with Gasteiger partial charge in [-0.25, -0.2) is 0 Å². The summed E-state index contributed by atoms with van der Waals surface area (Å²) in [5.74, 6) is 0.123. The third kappa shape index (κ3) is 4.40. The second-order valence-electron chi connectivity index (χ2n) is 6.10. The number of primary amides is 1. The minimum absolute atomic E-state index is 0.125. The maximum Gasteiger partial charge on any atom is 0.250 e. The van der Waals surface area contributed by atoms with E-state index >= 15 is 0 Å². The normalized spacial score (nSPS) is 10.3. The molecule has 0 fully saturated rings. The van der Waals surface area contributed by atoms with Crippen LogP contribution in [0.4, 0.5) is 0 Å². The Morgan fingerprint density at radius 3 is 2.59 bits per heavy atom. The average molecular weight is 389 g/mol. The second-order valence-corrected chi connectivity index (χ2v) is 6.10. The number of hydrogen-bond acceptors (Lipinski definition) is 5. The Morgan fingerprint density at radius 2 is 1.86 bits per heavy atom. The topological polar surface area (TPSA) is 95.9 Å². The molecule has 0 atom stereocenters. The average Bonchev–Trinajstić information content (AvgIpc) is 3.19. The molecule has 1 aromatic carbocycles. The van der Waals surface area contributed by atoms with Crippen molar-refractivity contribution in [2.24, 2.45) is 12.8 Å². The van der Waals surface area contributed by atoms with E-state index in [4.69, 9.17) is 10.5 Å². The fraction of sp³-hybridized carbons (Fsp3) is 0.182. The number of pyridine rings is 2. The van der Waals surface area contributed by atoms with E-state index in [1.54, 1.807) is 35.4 Å². The van der Waals surface area contributed by atoms with Crippen molar-refractivity contribution in [3.8, 4) is 16.9 Å². The molecule has 2 N–H and O–H groups in total. The van der Waals surface area contributed by atoms with Gasteiger partial charge in [-0.05, 0) is 42.0 Å². The van der Waals surface area contributed by atoms with Crippen LogP contribution in [-0.2, 0) is 13.7 Å². The molecule has 3 aromatic heterocycles. The van der Waals surface area contributed by atoms with Gasteiger partial charge in [0.05, 0.1) is 23.0 Å². The first-order valence-corrected chi connectivity index (χ1v) is 9.36. The van der Waals surface area contributed by atoms with Crippen molar-refractivity contribution in [2.45, 2.75) is 20.5 Å². The molecule has 0 aliphatic carbocycles. The molecule has 4 rings (SSSR count). The zero-order valence-corrected chi connectivity index (χ0v) is 16.7. The fourth-order valence-corrected chi connectivity index (χ4v) is 2.93. The Bertz CT molecular complexity index is 1140. The van der Waals surface area contributed by atoms with Gasteiger partial charge in [-0.3, -0.25) is 19.4 Å². The van der Waals surface area contributed by atoms with E-state index in [2.05, 4.69) is 15.1 Å². The summed E-state index contributed by atoms with van der Waals surface area (Å²) in [4.78, 5) is 20.3. The lowest BCUT2D eigenvalue weighted by molar-refractivity contribution is 0.0997. The van der Waals surface area contributed by atoms with Crippen molar-refractivity contribution < 1.29 is 9.53 Å². The molecule has 0 radical (unpaired) electrons. The first kappa shape index (κ1) is 20.0. The molecule has 0 unspecified atom stereocenters. The highest BCUT2D eigenvalue weighted by molar-refractivity contribution is 5.94. The Balaban J connectivity index is 0.00000117. The minimum atomic E-state index is -0.530. The molecule has 0 aliphatic rings. The predicted octanol–water partition coefficient (Wildman–Crippen LogP) is 3.73. The lowest BCUT2D eigenvalue weighted by Gasteiger charge is -2.12. The van der Waals surface area contributed by atoms with Crippen LogP contribution in [0, 0.1) is 0 Å². The number of nitrogens with two attached hydrogens (primary N) is 1. The van der Waals surface area contributed by atoms with E-state index < -0.39 is 5.91 Å². The van der Waals surface area contributed by atoms with Crippen molar-refractivity contribution in [3.05, 3.63) is 72.4 Å². The molecule has 7 nitrogen and oxygen atoms in total.